The van der Waals surface area contributed by atoms with Crippen molar-refractivity contribution in [2.45, 2.75) is 26.9 Å². The first-order valence-electron chi connectivity index (χ1n) is 9.37. The first kappa shape index (κ1) is 20.7. The van der Waals surface area contributed by atoms with Crippen LogP contribution in [0.4, 0.5) is 0 Å². The van der Waals surface area contributed by atoms with Gasteiger partial charge in [-0.1, -0.05) is 26.0 Å². The molecule has 1 aromatic carbocycles. The highest BCUT2D eigenvalue weighted by Gasteiger charge is 2.04. The van der Waals surface area contributed by atoms with Gasteiger partial charge >= 0.3 is 0 Å². The van der Waals surface area contributed by atoms with Crippen molar-refractivity contribution in [3.05, 3.63) is 42.0 Å². The zero-order chi connectivity index (χ0) is 19.5. The SMILES string of the molecule is CCN(CC)CCOc1ccc(CNC(=NC)NCc2ncnn2C)cc1. The maximum atomic E-state index is 5.82. The fraction of sp³-hybridized carbons (Fsp3) is 0.526. The average Bonchev–Trinajstić information content (AvgIpc) is 3.11. The predicted molar refractivity (Wildman–Crippen MR) is 108 cm³/mol. The van der Waals surface area contributed by atoms with Crippen LogP contribution in [0.25, 0.3) is 0 Å². The molecule has 2 rings (SSSR count). The molecular formula is C19H31N7O. The van der Waals surface area contributed by atoms with E-state index in [0.29, 0.717) is 19.7 Å². The second-order valence-corrected chi connectivity index (χ2v) is 6.10. The Morgan fingerprint density at radius 3 is 2.44 bits per heavy atom. The molecule has 0 aliphatic heterocycles. The van der Waals surface area contributed by atoms with Gasteiger partial charge in [0.15, 0.2) is 5.96 Å². The van der Waals surface area contributed by atoms with E-state index in [2.05, 4.69) is 56.6 Å². The van der Waals surface area contributed by atoms with Gasteiger partial charge in [-0.3, -0.25) is 9.67 Å². The van der Waals surface area contributed by atoms with Gasteiger partial charge in [-0.2, -0.15) is 5.10 Å². The molecule has 0 bridgehead atoms. The summed E-state index contributed by atoms with van der Waals surface area (Å²) >= 11 is 0. The van der Waals surface area contributed by atoms with Crippen LogP contribution in [0.2, 0.25) is 0 Å². The number of likely N-dealkylation sites (N-methyl/N-ethyl adjacent to an activating group) is 1. The van der Waals surface area contributed by atoms with Crippen molar-refractivity contribution in [1.29, 1.82) is 0 Å². The molecule has 0 aliphatic rings. The van der Waals surface area contributed by atoms with Crippen molar-refractivity contribution >= 4 is 5.96 Å². The third-order valence-corrected chi connectivity index (χ3v) is 4.40. The first-order valence-corrected chi connectivity index (χ1v) is 9.37. The smallest absolute Gasteiger partial charge is 0.191 e. The fourth-order valence-corrected chi connectivity index (χ4v) is 2.59. The molecule has 0 unspecified atom stereocenters. The molecule has 2 N–H and O–H groups in total. The number of aryl methyl sites for hydroxylation is 1. The molecule has 0 aliphatic carbocycles. The van der Waals surface area contributed by atoms with Gasteiger partial charge in [0.25, 0.3) is 0 Å². The van der Waals surface area contributed by atoms with Gasteiger partial charge in [-0.15, -0.1) is 0 Å². The second-order valence-electron chi connectivity index (χ2n) is 6.10. The summed E-state index contributed by atoms with van der Waals surface area (Å²) in [6, 6.07) is 8.15. The quantitative estimate of drug-likeness (QED) is 0.484. The third-order valence-electron chi connectivity index (χ3n) is 4.40. The number of rotatable bonds is 10. The van der Waals surface area contributed by atoms with Gasteiger partial charge in [0.05, 0.1) is 6.54 Å². The Balaban J connectivity index is 1.74. The van der Waals surface area contributed by atoms with E-state index in [1.54, 1.807) is 18.1 Å². The van der Waals surface area contributed by atoms with E-state index in [1.807, 2.05) is 19.2 Å². The number of hydrogen-bond acceptors (Lipinski definition) is 5. The monoisotopic (exact) mass is 373 g/mol. The maximum Gasteiger partial charge on any atom is 0.191 e. The zero-order valence-electron chi connectivity index (χ0n) is 16.8. The highest BCUT2D eigenvalue weighted by atomic mass is 16.5. The van der Waals surface area contributed by atoms with Crippen LogP contribution in [-0.2, 0) is 20.1 Å². The van der Waals surface area contributed by atoms with Gasteiger partial charge in [0.1, 0.15) is 24.5 Å². The Morgan fingerprint density at radius 2 is 1.85 bits per heavy atom. The number of benzene rings is 1. The third kappa shape index (κ3) is 6.90. The standard InChI is InChI=1S/C19H31N7O/c1-5-26(6-2)11-12-27-17-9-7-16(8-10-17)13-21-19(20-3)22-14-18-23-15-24-25(18)4/h7-10,15H,5-6,11-14H2,1-4H3,(H2,20,21,22). The number of aromatic nitrogens is 3. The minimum atomic E-state index is 0.565. The van der Waals surface area contributed by atoms with E-state index in [9.17, 15) is 0 Å². The van der Waals surface area contributed by atoms with E-state index >= 15 is 0 Å². The first-order chi connectivity index (χ1) is 13.2. The van der Waals surface area contributed by atoms with Crippen molar-refractivity contribution in [2.75, 3.05) is 33.3 Å². The number of nitrogens with zero attached hydrogens (tertiary/aromatic N) is 5. The van der Waals surface area contributed by atoms with Gasteiger partial charge in [0.2, 0.25) is 0 Å². The minimum absolute atomic E-state index is 0.565. The Labute approximate surface area is 161 Å². The van der Waals surface area contributed by atoms with Gasteiger partial charge < -0.3 is 20.3 Å². The Morgan fingerprint density at radius 1 is 1.15 bits per heavy atom. The predicted octanol–water partition coefficient (Wildman–Crippen LogP) is 1.40. The molecule has 148 valence electrons. The molecule has 0 atom stereocenters. The van der Waals surface area contributed by atoms with E-state index in [-0.39, 0.29) is 0 Å². The van der Waals surface area contributed by atoms with Crippen LogP contribution in [0.1, 0.15) is 25.2 Å². The lowest BCUT2D eigenvalue weighted by Gasteiger charge is -2.18. The fourth-order valence-electron chi connectivity index (χ4n) is 2.59. The minimum Gasteiger partial charge on any atom is -0.492 e. The van der Waals surface area contributed by atoms with Crippen molar-refractivity contribution in [3.63, 3.8) is 0 Å². The molecule has 1 heterocycles. The number of aliphatic imine (C=N–C) groups is 1. The molecule has 8 nitrogen and oxygen atoms in total. The van der Waals surface area contributed by atoms with Crippen LogP contribution in [0.15, 0.2) is 35.6 Å². The summed E-state index contributed by atoms with van der Waals surface area (Å²) in [4.78, 5) is 10.8. The van der Waals surface area contributed by atoms with E-state index < -0.39 is 0 Å². The van der Waals surface area contributed by atoms with E-state index in [1.165, 1.54) is 0 Å². The molecule has 0 radical (unpaired) electrons. The molecule has 0 fully saturated rings. The molecule has 0 amide bonds. The number of hydrogen-bond donors (Lipinski definition) is 2. The van der Waals surface area contributed by atoms with E-state index in [4.69, 9.17) is 4.74 Å². The number of nitrogens with one attached hydrogen (secondary N) is 2. The summed E-state index contributed by atoms with van der Waals surface area (Å²) in [7, 11) is 3.62. The van der Waals surface area contributed by atoms with Crippen LogP contribution in [0.3, 0.4) is 0 Å². The molecule has 0 saturated heterocycles. The summed E-state index contributed by atoms with van der Waals surface area (Å²) in [5, 5.41) is 10.6. The Bertz CT molecular complexity index is 692. The largest absolute Gasteiger partial charge is 0.492 e. The molecule has 0 spiro atoms. The highest BCUT2D eigenvalue weighted by Crippen LogP contribution is 2.12. The molecule has 1 aromatic heterocycles. The zero-order valence-corrected chi connectivity index (χ0v) is 16.8. The summed E-state index contributed by atoms with van der Waals surface area (Å²) in [6.45, 7) is 9.34. The Hall–Kier alpha value is -2.61. The number of guanidine groups is 1. The maximum absolute atomic E-state index is 5.82. The normalized spacial score (nSPS) is 11.7. The summed E-state index contributed by atoms with van der Waals surface area (Å²) < 4.78 is 7.56. The van der Waals surface area contributed by atoms with Crippen LogP contribution in [0.5, 0.6) is 5.75 Å². The lowest BCUT2D eigenvalue weighted by Crippen LogP contribution is -2.36. The van der Waals surface area contributed by atoms with Crippen LogP contribution in [-0.4, -0.2) is 58.9 Å². The summed E-state index contributed by atoms with van der Waals surface area (Å²) in [5.41, 5.74) is 1.16. The molecule has 27 heavy (non-hydrogen) atoms. The molecular weight excluding hydrogens is 342 g/mol. The summed E-state index contributed by atoms with van der Waals surface area (Å²) in [5.74, 6) is 2.47. The van der Waals surface area contributed by atoms with Crippen molar-refractivity contribution < 1.29 is 4.74 Å². The van der Waals surface area contributed by atoms with E-state index in [0.717, 1.165) is 42.7 Å². The highest BCUT2D eigenvalue weighted by molar-refractivity contribution is 5.79. The van der Waals surface area contributed by atoms with Gasteiger partial charge in [0, 0.05) is 27.2 Å². The topological polar surface area (TPSA) is 79.6 Å². The lowest BCUT2D eigenvalue weighted by molar-refractivity contribution is 0.223. The van der Waals surface area contributed by atoms with Crippen molar-refractivity contribution in [1.82, 2.24) is 30.3 Å². The van der Waals surface area contributed by atoms with Crippen molar-refractivity contribution in [2.24, 2.45) is 12.0 Å². The molecule has 2 aromatic rings. The lowest BCUT2D eigenvalue weighted by atomic mass is 10.2. The van der Waals surface area contributed by atoms with Gasteiger partial charge in [-0.25, -0.2) is 4.98 Å². The molecule has 0 saturated carbocycles. The summed E-state index contributed by atoms with van der Waals surface area (Å²) in [6.07, 6.45) is 1.54. The van der Waals surface area contributed by atoms with Crippen LogP contribution >= 0.6 is 0 Å². The average molecular weight is 374 g/mol. The van der Waals surface area contributed by atoms with Crippen LogP contribution < -0.4 is 15.4 Å². The number of ether oxygens (including phenoxy) is 1. The van der Waals surface area contributed by atoms with Gasteiger partial charge in [-0.05, 0) is 30.8 Å². The Kier molecular flexibility index (Phi) is 8.57. The molecule has 8 heteroatoms. The second kappa shape index (κ2) is 11.2. The van der Waals surface area contributed by atoms with Crippen molar-refractivity contribution in [3.8, 4) is 5.75 Å². The van der Waals surface area contributed by atoms with Crippen LogP contribution in [0, 0.1) is 0 Å².